The molecule has 2 amide bonds. The molecular formula is C22H27N3O3. The summed E-state index contributed by atoms with van der Waals surface area (Å²) in [5, 5.41) is 6.02. The second-order valence-electron chi connectivity index (χ2n) is 7.30. The average molecular weight is 381 g/mol. The van der Waals surface area contributed by atoms with Crippen molar-refractivity contribution in [1.29, 1.82) is 0 Å². The van der Waals surface area contributed by atoms with E-state index >= 15 is 0 Å². The van der Waals surface area contributed by atoms with E-state index in [4.69, 9.17) is 9.47 Å². The largest absolute Gasteiger partial charge is 0.492 e. The predicted molar refractivity (Wildman–Crippen MR) is 109 cm³/mol. The maximum absolute atomic E-state index is 12.5. The fourth-order valence-electron chi connectivity index (χ4n) is 4.04. The summed E-state index contributed by atoms with van der Waals surface area (Å²) >= 11 is 0. The Morgan fingerprint density at radius 2 is 1.93 bits per heavy atom. The Bertz CT molecular complexity index is 799. The van der Waals surface area contributed by atoms with Crippen LogP contribution in [0.5, 0.6) is 5.75 Å². The van der Waals surface area contributed by atoms with Gasteiger partial charge >= 0.3 is 6.03 Å². The number of urea groups is 1. The number of benzene rings is 2. The Balaban J connectivity index is 1.32. The van der Waals surface area contributed by atoms with E-state index in [-0.39, 0.29) is 18.2 Å². The highest BCUT2D eigenvalue weighted by Gasteiger charge is 2.38. The van der Waals surface area contributed by atoms with Crippen LogP contribution in [0.3, 0.4) is 0 Å². The third kappa shape index (κ3) is 4.29. The van der Waals surface area contributed by atoms with Crippen LogP contribution in [0, 0.1) is 0 Å². The van der Waals surface area contributed by atoms with E-state index in [0.29, 0.717) is 30.7 Å². The molecule has 3 atom stereocenters. The van der Waals surface area contributed by atoms with Crippen LogP contribution in [0.25, 0.3) is 0 Å². The highest BCUT2D eigenvalue weighted by atomic mass is 16.5. The molecule has 0 saturated carbocycles. The second-order valence-corrected chi connectivity index (χ2v) is 7.30. The number of nitrogens with one attached hydrogen (secondary N) is 2. The Hall–Kier alpha value is -2.57. The maximum atomic E-state index is 12.5. The first-order chi connectivity index (χ1) is 13.7. The van der Waals surface area contributed by atoms with Gasteiger partial charge in [0.2, 0.25) is 0 Å². The summed E-state index contributed by atoms with van der Waals surface area (Å²) in [4.78, 5) is 14.9. The lowest BCUT2D eigenvalue weighted by Crippen LogP contribution is -2.43. The van der Waals surface area contributed by atoms with Gasteiger partial charge in [-0.1, -0.05) is 42.5 Å². The number of amides is 2. The molecule has 0 spiro atoms. The smallest absolute Gasteiger partial charge is 0.319 e. The molecule has 2 aromatic carbocycles. The van der Waals surface area contributed by atoms with Crippen LogP contribution >= 0.6 is 0 Å². The average Bonchev–Trinajstić information content (AvgIpc) is 3.11. The van der Waals surface area contributed by atoms with Crippen LogP contribution in [0.4, 0.5) is 10.5 Å². The van der Waals surface area contributed by atoms with Gasteiger partial charge in [0.1, 0.15) is 5.75 Å². The topological polar surface area (TPSA) is 62.8 Å². The Labute approximate surface area is 165 Å². The van der Waals surface area contributed by atoms with Gasteiger partial charge in [-0.25, -0.2) is 4.79 Å². The van der Waals surface area contributed by atoms with Crippen molar-refractivity contribution < 1.29 is 14.3 Å². The first-order valence-corrected chi connectivity index (χ1v) is 9.93. The third-order valence-electron chi connectivity index (χ3n) is 5.36. The molecule has 2 saturated heterocycles. The van der Waals surface area contributed by atoms with Crippen molar-refractivity contribution in [3.05, 3.63) is 60.2 Å². The van der Waals surface area contributed by atoms with Crippen LogP contribution in [-0.2, 0) is 4.74 Å². The zero-order chi connectivity index (χ0) is 19.3. The summed E-state index contributed by atoms with van der Waals surface area (Å²) in [7, 11) is 0. The van der Waals surface area contributed by atoms with Crippen molar-refractivity contribution in [2.24, 2.45) is 0 Å². The van der Waals surface area contributed by atoms with E-state index < -0.39 is 0 Å². The molecule has 2 aliphatic rings. The van der Waals surface area contributed by atoms with Crippen LogP contribution in [0.15, 0.2) is 54.6 Å². The van der Waals surface area contributed by atoms with Crippen LogP contribution in [0.1, 0.15) is 25.0 Å². The number of rotatable bonds is 5. The molecule has 0 unspecified atom stereocenters. The molecule has 0 bridgehead atoms. The van der Waals surface area contributed by atoms with E-state index in [2.05, 4.69) is 27.7 Å². The van der Waals surface area contributed by atoms with Crippen molar-refractivity contribution in [2.45, 2.75) is 31.5 Å². The van der Waals surface area contributed by atoms with Crippen molar-refractivity contribution in [1.82, 2.24) is 10.2 Å². The number of hydrogen-bond donors (Lipinski definition) is 2. The van der Waals surface area contributed by atoms with Crippen molar-refractivity contribution >= 4 is 11.7 Å². The fraction of sp³-hybridized carbons (Fsp3) is 0.409. The quantitative estimate of drug-likeness (QED) is 0.833. The number of para-hydroxylation sites is 2. The number of ether oxygens (including phenoxy) is 2. The molecule has 2 fully saturated rings. The van der Waals surface area contributed by atoms with Gasteiger partial charge in [-0.3, -0.25) is 4.90 Å². The normalized spacial score (nSPS) is 24.4. The van der Waals surface area contributed by atoms with Gasteiger partial charge in [-0.2, -0.15) is 0 Å². The summed E-state index contributed by atoms with van der Waals surface area (Å²) < 4.78 is 11.7. The first kappa shape index (κ1) is 18.8. The standard InChI is InChI=1S/C22H27N3O3/c1-2-27-20-11-7-6-10-19(20)24-22(26)23-17-12-18-15-28-21(14-25(18)13-17)16-8-4-3-5-9-16/h3-11,17-18,21H,2,12-15H2,1H3,(H2,23,24,26)/t17-,18+,21-/m1/s1. The summed E-state index contributed by atoms with van der Waals surface area (Å²) in [5.41, 5.74) is 1.90. The molecular weight excluding hydrogens is 354 g/mol. The molecule has 28 heavy (non-hydrogen) atoms. The lowest BCUT2D eigenvalue weighted by atomic mass is 10.1. The van der Waals surface area contributed by atoms with Crippen molar-refractivity contribution in [3.63, 3.8) is 0 Å². The second kappa shape index (κ2) is 8.63. The monoisotopic (exact) mass is 381 g/mol. The highest BCUT2D eigenvalue weighted by molar-refractivity contribution is 5.91. The summed E-state index contributed by atoms with van der Waals surface area (Å²) in [6, 6.07) is 18.1. The van der Waals surface area contributed by atoms with Gasteiger partial charge in [-0.05, 0) is 31.0 Å². The number of nitrogens with zero attached hydrogens (tertiary/aromatic N) is 1. The summed E-state index contributed by atoms with van der Waals surface area (Å²) in [5.74, 6) is 0.683. The van der Waals surface area contributed by atoms with E-state index in [9.17, 15) is 4.79 Å². The van der Waals surface area contributed by atoms with Gasteiger partial charge in [-0.15, -0.1) is 0 Å². The number of fused-ring (bicyclic) bond motifs is 1. The third-order valence-corrected chi connectivity index (χ3v) is 5.36. The van der Waals surface area contributed by atoms with E-state index in [1.165, 1.54) is 5.56 Å². The van der Waals surface area contributed by atoms with Crippen molar-refractivity contribution in [2.75, 3.05) is 31.6 Å². The van der Waals surface area contributed by atoms with E-state index in [1.54, 1.807) is 0 Å². The molecule has 0 aliphatic carbocycles. The fourth-order valence-corrected chi connectivity index (χ4v) is 4.04. The van der Waals surface area contributed by atoms with Crippen LogP contribution in [-0.4, -0.2) is 49.3 Å². The van der Waals surface area contributed by atoms with Gasteiger partial charge < -0.3 is 20.1 Å². The number of anilines is 1. The summed E-state index contributed by atoms with van der Waals surface area (Å²) in [6.07, 6.45) is 1.00. The molecule has 0 aromatic heterocycles. The molecule has 2 aromatic rings. The van der Waals surface area contributed by atoms with E-state index in [1.807, 2.05) is 49.4 Å². The number of carbonyl (C=O) groups is 1. The van der Waals surface area contributed by atoms with Gasteiger partial charge in [0.05, 0.1) is 25.0 Å². The Kier molecular flexibility index (Phi) is 5.78. The number of morpholine rings is 1. The van der Waals surface area contributed by atoms with Crippen LogP contribution in [0.2, 0.25) is 0 Å². The number of carbonyl (C=O) groups excluding carboxylic acids is 1. The Morgan fingerprint density at radius 1 is 1.14 bits per heavy atom. The van der Waals surface area contributed by atoms with Gasteiger partial charge in [0.25, 0.3) is 0 Å². The molecule has 2 aliphatic heterocycles. The lowest BCUT2D eigenvalue weighted by Gasteiger charge is -2.35. The Morgan fingerprint density at radius 3 is 2.75 bits per heavy atom. The summed E-state index contributed by atoms with van der Waals surface area (Å²) in [6.45, 7) is 4.89. The zero-order valence-electron chi connectivity index (χ0n) is 16.1. The van der Waals surface area contributed by atoms with Gasteiger partial charge in [0, 0.05) is 25.2 Å². The minimum Gasteiger partial charge on any atom is -0.492 e. The minimum atomic E-state index is -0.197. The molecule has 4 rings (SSSR count). The molecule has 6 heteroatoms. The SMILES string of the molecule is CCOc1ccccc1NC(=O)N[C@@H]1C[C@H]2CO[C@@H](c3ccccc3)CN2C1. The van der Waals surface area contributed by atoms with E-state index in [0.717, 1.165) is 19.5 Å². The molecule has 148 valence electrons. The molecule has 0 radical (unpaired) electrons. The maximum Gasteiger partial charge on any atom is 0.319 e. The van der Waals surface area contributed by atoms with Crippen molar-refractivity contribution in [3.8, 4) is 5.75 Å². The highest BCUT2D eigenvalue weighted by Crippen LogP contribution is 2.30. The van der Waals surface area contributed by atoms with Gasteiger partial charge in [0.15, 0.2) is 0 Å². The zero-order valence-corrected chi connectivity index (χ0v) is 16.1. The first-order valence-electron chi connectivity index (χ1n) is 9.93. The molecule has 2 N–H and O–H groups in total. The predicted octanol–water partition coefficient (Wildman–Crippen LogP) is 3.42. The molecule has 6 nitrogen and oxygen atoms in total. The minimum absolute atomic E-state index is 0.100. The number of hydrogen-bond acceptors (Lipinski definition) is 4. The molecule has 2 heterocycles. The van der Waals surface area contributed by atoms with Crippen LogP contribution < -0.4 is 15.4 Å². The lowest BCUT2D eigenvalue weighted by molar-refractivity contribution is -0.0502.